The Bertz CT molecular complexity index is 2490. The van der Waals surface area contributed by atoms with Gasteiger partial charge in [-0.1, -0.05) is 146 Å². The molecule has 0 atom stereocenters. The molecule has 0 saturated carbocycles. The van der Waals surface area contributed by atoms with Crippen molar-refractivity contribution < 1.29 is 0 Å². The Labute approximate surface area is 286 Å². The standard InChI is InChI=1S/C46H33N3/c1-3-4-17-40-31(2)42(30-38-16-11-28-47-44(38)40)35-24-20-34(21-25-35)37-14-10-15-39(29-37)46-48-43-19-9-8-18-41(43)45(49-46)36-26-22-33(23-27-36)32-12-6-5-7-13-32/h3-30H,1H2,2H3/b17-4-. The van der Waals surface area contributed by atoms with E-state index < -0.39 is 0 Å². The quantitative estimate of drug-likeness (QED) is 0.165. The molecule has 0 amide bonds. The van der Waals surface area contributed by atoms with E-state index in [4.69, 9.17) is 9.97 Å². The topological polar surface area (TPSA) is 38.7 Å². The van der Waals surface area contributed by atoms with Gasteiger partial charge in [0, 0.05) is 33.7 Å². The van der Waals surface area contributed by atoms with Crippen molar-refractivity contribution in [3.8, 4) is 56.0 Å². The molecule has 3 nitrogen and oxygen atoms in total. The van der Waals surface area contributed by atoms with E-state index in [1.54, 1.807) is 6.08 Å². The third-order valence-corrected chi connectivity index (χ3v) is 9.12. The molecule has 8 aromatic rings. The SMILES string of the molecule is C=C/C=C\c1c(C)c(-c2ccc(-c3cccc(-c4nc(-c5ccc(-c6ccccc6)cc5)c5ccccc5n4)c3)cc2)cc2cccnc12. The van der Waals surface area contributed by atoms with Crippen LogP contribution in [0.3, 0.4) is 0 Å². The molecule has 0 aliphatic rings. The van der Waals surface area contributed by atoms with Gasteiger partial charge in [-0.15, -0.1) is 0 Å². The number of rotatable bonds is 7. The molecule has 0 aliphatic heterocycles. The molecule has 0 N–H and O–H groups in total. The predicted molar refractivity (Wildman–Crippen MR) is 206 cm³/mol. The van der Waals surface area contributed by atoms with E-state index in [9.17, 15) is 0 Å². The summed E-state index contributed by atoms with van der Waals surface area (Å²) in [7, 11) is 0. The largest absolute Gasteiger partial charge is 0.256 e. The van der Waals surface area contributed by atoms with E-state index >= 15 is 0 Å². The maximum atomic E-state index is 5.17. The molecular weight excluding hydrogens is 595 g/mol. The smallest absolute Gasteiger partial charge is 0.160 e. The van der Waals surface area contributed by atoms with Gasteiger partial charge < -0.3 is 0 Å². The second-order valence-corrected chi connectivity index (χ2v) is 12.1. The molecule has 2 heterocycles. The van der Waals surface area contributed by atoms with E-state index in [2.05, 4.69) is 146 Å². The molecule has 0 fully saturated rings. The zero-order valence-electron chi connectivity index (χ0n) is 27.2. The Kier molecular flexibility index (Phi) is 7.93. The monoisotopic (exact) mass is 627 g/mol. The van der Waals surface area contributed by atoms with Crippen LogP contribution in [0.15, 0.2) is 171 Å². The molecule has 0 bridgehead atoms. The number of nitrogens with zero attached hydrogens (tertiary/aromatic N) is 3. The van der Waals surface area contributed by atoms with Gasteiger partial charge >= 0.3 is 0 Å². The lowest BCUT2D eigenvalue weighted by Crippen LogP contribution is -1.95. The van der Waals surface area contributed by atoms with Gasteiger partial charge in [0.05, 0.1) is 16.7 Å². The number of pyridine rings is 1. The minimum Gasteiger partial charge on any atom is -0.256 e. The van der Waals surface area contributed by atoms with Gasteiger partial charge in [-0.05, 0) is 70.1 Å². The van der Waals surface area contributed by atoms with Crippen molar-refractivity contribution in [2.24, 2.45) is 0 Å². The summed E-state index contributed by atoms with van der Waals surface area (Å²) in [5.74, 6) is 0.708. The molecule has 0 radical (unpaired) electrons. The number of benzene rings is 6. The zero-order valence-corrected chi connectivity index (χ0v) is 27.2. The number of fused-ring (bicyclic) bond motifs is 2. The van der Waals surface area contributed by atoms with Crippen molar-refractivity contribution in [2.45, 2.75) is 6.92 Å². The Morgan fingerprint density at radius 1 is 0.551 bits per heavy atom. The molecule has 0 saturated heterocycles. The zero-order chi connectivity index (χ0) is 33.2. The molecule has 49 heavy (non-hydrogen) atoms. The molecule has 3 heteroatoms. The van der Waals surface area contributed by atoms with Crippen molar-refractivity contribution in [3.63, 3.8) is 0 Å². The van der Waals surface area contributed by atoms with Gasteiger partial charge in [0.1, 0.15) is 0 Å². The van der Waals surface area contributed by atoms with Gasteiger partial charge in [0.2, 0.25) is 0 Å². The molecule has 2 aromatic heterocycles. The summed E-state index contributed by atoms with van der Waals surface area (Å²) in [6, 6.07) is 51.0. The normalized spacial score (nSPS) is 11.4. The number of aromatic nitrogens is 3. The van der Waals surface area contributed by atoms with Crippen molar-refractivity contribution in [3.05, 3.63) is 182 Å². The Balaban J connectivity index is 1.15. The highest BCUT2D eigenvalue weighted by Crippen LogP contribution is 2.35. The summed E-state index contributed by atoms with van der Waals surface area (Å²) in [5.41, 5.74) is 14.2. The van der Waals surface area contributed by atoms with Crippen molar-refractivity contribution >= 4 is 27.9 Å². The second kappa shape index (κ2) is 13.0. The fraction of sp³-hybridized carbons (Fsp3) is 0.0217. The third-order valence-electron chi connectivity index (χ3n) is 9.12. The summed E-state index contributed by atoms with van der Waals surface area (Å²) < 4.78 is 0. The molecule has 6 aromatic carbocycles. The lowest BCUT2D eigenvalue weighted by Gasteiger charge is -2.14. The average Bonchev–Trinajstić information content (AvgIpc) is 3.17. The average molecular weight is 628 g/mol. The number of hydrogen-bond acceptors (Lipinski definition) is 3. The first kappa shape index (κ1) is 29.9. The summed E-state index contributed by atoms with van der Waals surface area (Å²) in [5, 5.41) is 2.15. The predicted octanol–water partition coefficient (Wildman–Crippen LogP) is 12.0. The Morgan fingerprint density at radius 3 is 2.00 bits per heavy atom. The highest BCUT2D eigenvalue weighted by molar-refractivity contribution is 5.95. The van der Waals surface area contributed by atoms with Gasteiger partial charge in [0.15, 0.2) is 5.82 Å². The second-order valence-electron chi connectivity index (χ2n) is 12.1. The van der Waals surface area contributed by atoms with Crippen molar-refractivity contribution in [1.82, 2.24) is 15.0 Å². The lowest BCUT2D eigenvalue weighted by molar-refractivity contribution is 1.23. The summed E-state index contributed by atoms with van der Waals surface area (Å²) >= 11 is 0. The first-order chi connectivity index (χ1) is 24.2. The van der Waals surface area contributed by atoms with Crippen molar-refractivity contribution in [1.29, 1.82) is 0 Å². The van der Waals surface area contributed by atoms with Crippen LogP contribution in [0.4, 0.5) is 0 Å². The van der Waals surface area contributed by atoms with Crippen LogP contribution in [0.25, 0.3) is 83.9 Å². The van der Waals surface area contributed by atoms with Gasteiger partial charge in [-0.2, -0.15) is 0 Å². The molecule has 0 unspecified atom stereocenters. The fourth-order valence-corrected chi connectivity index (χ4v) is 6.57. The van der Waals surface area contributed by atoms with Crippen LogP contribution in [0.5, 0.6) is 0 Å². The minimum absolute atomic E-state index is 0.708. The van der Waals surface area contributed by atoms with Crippen LogP contribution in [-0.2, 0) is 0 Å². The maximum Gasteiger partial charge on any atom is 0.160 e. The van der Waals surface area contributed by atoms with Crippen LogP contribution in [0, 0.1) is 6.92 Å². The van der Waals surface area contributed by atoms with Gasteiger partial charge in [-0.3, -0.25) is 4.98 Å². The van der Waals surface area contributed by atoms with E-state index in [1.165, 1.54) is 22.3 Å². The maximum absolute atomic E-state index is 5.17. The summed E-state index contributed by atoms with van der Waals surface area (Å²) in [6.45, 7) is 6.02. The third kappa shape index (κ3) is 5.83. The van der Waals surface area contributed by atoms with Crippen LogP contribution < -0.4 is 0 Å². The molecule has 0 spiro atoms. The van der Waals surface area contributed by atoms with Crippen LogP contribution in [-0.4, -0.2) is 15.0 Å². The molecule has 0 aliphatic carbocycles. The Morgan fingerprint density at radius 2 is 1.20 bits per heavy atom. The number of allylic oxidation sites excluding steroid dienone is 2. The molecular formula is C46H33N3. The van der Waals surface area contributed by atoms with Gasteiger partial charge in [0.25, 0.3) is 0 Å². The summed E-state index contributed by atoms with van der Waals surface area (Å²) in [4.78, 5) is 14.9. The fourth-order valence-electron chi connectivity index (χ4n) is 6.57. The van der Waals surface area contributed by atoms with E-state index in [1.807, 2.05) is 36.5 Å². The highest BCUT2D eigenvalue weighted by Gasteiger charge is 2.14. The first-order valence-electron chi connectivity index (χ1n) is 16.5. The van der Waals surface area contributed by atoms with Crippen LogP contribution in [0.1, 0.15) is 11.1 Å². The van der Waals surface area contributed by atoms with E-state index in [-0.39, 0.29) is 0 Å². The highest BCUT2D eigenvalue weighted by atomic mass is 14.9. The van der Waals surface area contributed by atoms with Crippen LogP contribution in [0.2, 0.25) is 0 Å². The Hall–Kier alpha value is -6.45. The van der Waals surface area contributed by atoms with Crippen molar-refractivity contribution in [2.75, 3.05) is 0 Å². The number of hydrogen-bond donors (Lipinski definition) is 0. The minimum atomic E-state index is 0.708. The lowest BCUT2D eigenvalue weighted by atomic mass is 9.92. The van der Waals surface area contributed by atoms with Crippen LogP contribution >= 0.6 is 0 Å². The number of para-hydroxylation sites is 1. The molecule has 8 rings (SSSR count). The first-order valence-corrected chi connectivity index (χ1v) is 16.5. The summed E-state index contributed by atoms with van der Waals surface area (Å²) in [6.07, 6.45) is 7.72. The van der Waals surface area contributed by atoms with Gasteiger partial charge in [-0.25, -0.2) is 9.97 Å². The van der Waals surface area contributed by atoms with E-state index in [0.717, 1.165) is 60.9 Å². The molecule has 232 valence electrons. The van der Waals surface area contributed by atoms with E-state index in [0.29, 0.717) is 5.82 Å².